The molecule has 0 heterocycles. The minimum atomic E-state index is -4.84. The Bertz CT molecular complexity index is 298. The number of carbonyl (C=O) groups is 1. The van der Waals surface area contributed by atoms with Crippen LogP contribution in [0.3, 0.4) is 0 Å². The smallest absolute Gasteiger partial charge is 0.344 e. The van der Waals surface area contributed by atoms with Gasteiger partial charge in [-0.25, -0.2) is 0 Å². The Kier molecular flexibility index (Phi) is 12.9. The molecule has 1 N–H and O–H groups in total. The van der Waals surface area contributed by atoms with Crippen LogP contribution in [0.5, 0.6) is 0 Å². The summed E-state index contributed by atoms with van der Waals surface area (Å²) in [7, 11) is 0. The van der Waals surface area contributed by atoms with Crippen LogP contribution in [0.25, 0.3) is 0 Å². The summed E-state index contributed by atoms with van der Waals surface area (Å²) in [5.41, 5.74) is -0.685. The van der Waals surface area contributed by atoms with Crippen molar-refractivity contribution in [2.24, 2.45) is 5.41 Å². The van der Waals surface area contributed by atoms with Gasteiger partial charge in [0.05, 0.1) is 0 Å². The van der Waals surface area contributed by atoms with E-state index in [2.05, 4.69) is 11.8 Å². The Hall–Kier alpha value is -1.18. The molecule has 1 unspecified atom stereocenters. The van der Waals surface area contributed by atoms with Crippen molar-refractivity contribution in [2.75, 3.05) is 0 Å². The second kappa shape index (κ2) is 10.7. The van der Waals surface area contributed by atoms with Crippen LogP contribution < -0.4 is 5.32 Å². The van der Waals surface area contributed by atoms with E-state index in [9.17, 15) is 18.0 Å². The Morgan fingerprint density at radius 2 is 1.47 bits per heavy atom. The van der Waals surface area contributed by atoms with Crippen molar-refractivity contribution < 1.29 is 18.0 Å². The minimum absolute atomic E-state index is 0.668. The van der Waals surface area contributed by atoms with Gasteiger partial charge in [0.2, 0.25) is 0 Å². The molecule has 0 spiro atoms. The fourth-order valence-corrected chi connectivity index (χ4v) is 0.889. The van der Waals surface area contributed by atoms with Crippen LogP contribution in [-0.4, -0.2) is 18.1 Å². The highest BCUT2D eigenvalue weighted by atomic mass is 19.4. The maximum Gasteiger partial charge on any atom is 0.471 e. The summed E-state index contributed by atoms with van der Waals surface area (Å²) in [6.07, 6.45) is -4.84. The van der Waals surface area contributed by atoms with Crippen molar-refractivity contribution in [2.45, 2.75) is 67.6 Å². The lowest BCUT2D eigenvalue weighted by Crippen LogP contribution is -2.47. The predicted molar refractivity (Wildman–Crippen MR) is 73.6 cm³/mol. The predicted octanol–water partition coefficient (Wildman–Crippen LogP) is 4.16. The van der Waals surface area contributed by atoms with E-state index < -0.39 is 23.5 Å². The standard InChI is InChI=1S/C10H14F3NO.2C2H6/c1-5-6-9(3,4)7(2)14-8(15)10(11,12)13;2*1-2/h7H,1-4H3,(H,14,15);2*1-2H3. The van der Waals surface area contributed by atoms with E-state index in [1.807, 2.05) is 33.0 Å². The summed E-state index contributed by atoms with van der Waals surface area (Å²) in [5, 5.41) is 1.88. The van der Waals surface area contributed by atoms with E-state index in [0.717, 1.165) is 0 Å². The monoisotopic (exact) mass is 281 g/mol. The first-order valence-corrected chi connectivity index (χ1v) is 6.43. The SMILES string of the molecule is CC.CC.CC#CC(C)(C)C(C)NC(=O)C(F)(F)F. The fourth-order valence-electron chi connectivity index (χ4n) is 0.889. The van der Waals surface area contributed by atoms with Gasteiger partial charge < -0.3 is 5.32 Å². The van der Waals surface area contributed by atoms with Crippen molar-refractivity contribution in [3.8, 4) is 11.8 Å². The average molecular weight is 281 g/mol. The first-order chi connectivity index (χ1) is 8.61. The van der Waals surface area contributed by atoms with Crippen LogP contribution in [0, 0.1) is 17.3 Å². The molecule has 0 aliphatic rings. The zero-order valence-electron chi connectivity index (χ0n) is 13.1. The third kappa shape index (κ3) is 10.4. The van der Waals surface area contributed by atoms with Crippen molar-refractivity contribution in [1.82, 2.24) is 5.32 Å². The highest BCUT2D eigenvalue weighted by molar-refractivity contribution is 5.82. The summed E-state index contributed by atoms with van der Waals surface area (Å²) in [5.74, 6) is 3.44. The molecular weight excluding hydrogens is 255 g/mol. The molecule has 0 saturated heterocycles. The Labute approximate surface area is 115 Å². The summed E-state index contributed by atoms with van der Waals surface area (Å²) in [4.78, 5) is 10.6. The third-order valence-electron chi connectivity index (χ3n) is 2.13. The van der Waals surface area contributed by atoms with Gasteiger partial charge in [0.25, 0.3) is 0 Å². The zero-order chi connectivity index (χ0) is 16.3. The van der Waals surface area contributed by atoms with E-state index in [4.69, 9.17) is 0 Å². The topological polar surface area (TPSA) is 29.1 Å². The molecule has 0 rings (SSSR count). The lowest BCUT2D eigenvalue weighted by molar-refractivity contribution is -0.174. The number of alkyl halides is 3. The molecule has 0 saturated carbocycles. The molecule has 2 nitrogen and oxygen atoms in total. The molecule has 1 atom stereocenters. The van der Waals surface area contributed by atoms with Gasteiger partial charge in [0.1, 0.15) is 0 Å². The second-order valence-electron chi connectivity index (χ2n) is 3.79. The summed E-state index contributed by atoms with van der Waals surface area (Å²) < 4.78 is 35.8. The highest BCUT2D eigenvalue weighted by Gasteiger charge is 2.40. The molecule has 0 radical (unpaired) electrons. The van der Waals surface area contributed by atoms with Crippen molar-refractivity contribution >= 4 is 5.91 Å². The molecule has 19 heavy (non-hydrogen) atoms. The second-order valence-corrected chi connectivity index (χ2v) is 3.79. The van der Waals surface area contributed by atoms with Crippen molar-refractivity contribution in [3.63, 3.8) is 0 Å². The first kappa shape index (κ1) is 23.0. The maximum absolute atomic E-state index is 11.9. The van der Waals surface area contributed by atoms with Gasteiger partial charge in [0, 0.05) is 11.5 Å². The quantitative estimate of drug-likeness (QED) is 0.757. The molecule has 0 aromatic heterocycles. The number of hydrogen-bond donors (Lipinski definition) is 1. The van der Waals surface area contributed by atoms with Gasteiger partial charge in [-0.15, -0.1) is 5.92 Å². The normalized spacial score (nSPS) is 11.5. The number of hydrogen-bond acceptors (Lipinski definition) is 1. The fraction of sp³-hybridized carbons (Fsp3) is 0.786. The van der Waals surface area contributed by atoms with Crippen LogP contribution >= 0.6 is 0 Å². The van der Waals surface area contributed by atoms with Crippen molar-refractivity contribution in [1.29, 1.82) is 0 Å². The number of nitrogens with one attached hydrogen (secondary N) is 1. The van der Waals surface area contributed by atoms with Gasteiger partial charge in [-0.2, -0.15) is 13.2 Å². The number of halogens is 3. The van der Waals surface area contributed by atoms with E-state index in [0.29, 0.717) is 0 Å². The van der Waals surface area contributed by atoms with E-state index in [1.165, 1.54) is 6.92 Å². The molecule has 5 heteroatoms. The largest absolute Gasteiger partial charge is 0.471 e. The van der Waals surface area contributed by atoms with E-state index >= 15 is 0 Å². The number of rotatable bonds is 2. The van der Waals surface area contributed by atoms with Gasteiger partial charge in [-0.05, 0) is 27.7 Å². The summed E-state index contributed by atoms with van der Waals surface area (Å²) in [6.45, 7) is 14.4. The van der Waals surface area contributed by atoms with Gasteiger partial charge >= 0.3 is 12.1 Å². The van der Waals surface area contributed by atoms with Crippen LogP contribution in [0.4, 0.5) is 13.2 Å². The molecule has 0 aliphatic heterocycles. The molecule has 0 bridgehead atoms. The van der Waals surface area contributed by atoms with Crippen LogP contribution in [0.15, 0.2) is 0 Å². The average Bonchev–Trinajstić information content (AvgIpc) is 2.32. The molecule has 0 aromatic rings. The van der Waals surface area contributed by atoms with Crippen LogP contribution in [-0.2, 0) is 4.79 Å². The Morgan fingerprint density at radius 3 is 1.74 bits per heavy atom. The molecule has 0 aromatic carbocycles. The number of amides is 1. The Balaban J connectivity index is -0.000000579. The Morgan fingerprint density at radius 1 is 1.11 bits per heavy atom. The first-order valence-electron chi connectivity index (χ1n) is 6.43. The molecule has 0 aliphatic carbocycles. The van der Waals surface area contributed by atoms with E-state index in [1.54, 1.807) is 20.8 Å². The zero-order valence-corrected chi connectivity index (χ0v) is 13.1. The van der Waals surface area contributed by atoms with E-state index in [-0.39, 0.29) is 0 Å². The third-order valence-corrected chi connectivity index (χ3v) is 2.13. The van der Waals surface area contributed by atoms with Gasteiger partial charge in [-0.1, -0.05) is 33.6 Å². The number of carbonyl (C=O) groups excluding carboxylic acids is 1. The van der Waals surface area contributed by atoms with Gasteiger partial charge in [0.15, 0.2) is 0 Å². The molecular formula is C14H26F3NO. The van der Waals surface area contributed by atoms with Gasteiger partial charge in [-0.3, -0.25) is 4.79 Å². The van der Waals surface area contributed by atoms with Crippen molar-refractivity contribution in [3.05, 3.63) is 0 Å². The molecule has 0 fully saturated rings. The van der Waals surface area contributed by atoms with Crippen LogP contribution in [0.2, 0.25) is 0 Å². The minimum Gasteiger partial charge on any atom is -0.344 e. The summed E-state index contributed by atoms with van der Waals surface area (Å²) in [6, 6.07) is -0.668. The highest BCUT2D eigenvalue weighted by Crippen LogP contribution is 2.21. The maximum atomic E-state index is 11.9. The lowest BCUT2D eigenvalue weighted by Gasteiger charge is -2.27. The summed E-state index contributed by atoms with van der Waals surface area (Å²) >= 11 is 0. The molecule has 1 amide bonds. The lowest BCUT2D eigenvalue weighted by atomic mass is 9.86. The molecule has 114 valence electrons. The van der Waals surface area contributed by atoms with Crippen LogP contribution in [0.1, 0.15) is 55.4 Å².